The Labute approximate surface area is 116 Å². The van der Waals surface area contributed by atoms with Crippen molar-refractivity contribution in [1.82, 2.24) is 5.32 Å². The van der Waals surface area contributed by atoms with E-state index in [1.165, 1.54) is 32.1 Å². The molecule has 1 saturated carbocycles. The van der Waals surface area contributed by atoms with Gasteiger partial charge in [0.25, 0.3) is 0 Å². The van der Waals surface area contributed by atoms with E-state index in [1.54, 1.807) is 7.11 Å². The summed E-state index contributed by atoms with van der Waals surface area (Å²) in [4.78, 5) is 0. The summed E-state index contributed by atoms with van der Waals surface area (Å²) in [6.07, 6.45) is 6.40. The monoisotopic (exact) mass is 263 g/mol. The van der Waals surface area contributed by atoms with Crippen LogP contribution in [0.15, 0.2) is 24.3 Å². The second-order valence-electron chi connectivity index (χ2n) is 5.37. The molecule has 3 nitrogen and oxygen atoms in total. The van der Waals surface area contributed by atoms with Crippen LogP contribution < -0.4 is 5.32 Å². The van der Waals surface area contributed by atoms with Gasteiger partial charge in [0.05, 0.1) is 19.3 Å². The Kier molecular flexibility index (Phi) is 5.83. The van der Waals surface area contributed by atoms with E-state index in [4.69, 9.17) is 4.74 Å². The van der Waals surface area contributed by atoms with E-state index in [9.17, 15) is 5.11 Å². The number of benzene rings is 1. The highest BCUT2D eigenvalue weighted by Gasteiger charge is 2.20. The average molecular weight is 263 g/mol. The normalized spacial score (nSPS) is 18.4. The summed E-state index contributed by atoms with van der Waals surface area (Å²) >= 11 is 0. The first-order valence-corrected chi connectivity index (χ1v) is 7.28. The Bertz CT molecular complexity index is 375. The lowest BCUT2D eigenvalue weighted by Gasteiger charge is -2.28. The molecule has 1 aromatic carbocycles. The van der Waals surface area contributed by atoms with Gasteiger partial charge < -0.3 is 15.2 Å². The Balaban J connectivity index is 2.07. The molecule has 0 aromatic heterocycles. The first kappa shape index (κ1) is 14.5. The van der Waals surface area contributed by atoms with Crippen LogP contribution in [0.25, 0.3) is 0 Å². The van der Waals surface area contributed by atoms with E-state index in [1.807, 2.05) is 12.1 Å². The SMILES string of the molecule is COCc1ccccc1C(CO)NC1CCCCC1. The Morgan fingerprint density at radius 2 is 2.00 bits per heavy atom. The molecule has 1 unspecified atom stereocenters. The van der Waals surface area contributed by atoms with Gasteiger partial charge in [-0.3, -0.25) is 0 Å². The molecular formula is C16H25NO2. The van der Waals surface area contributed by atoms with Crippen molar-refractivity contribution in [1.29, 1.82) is 0 Å². The van der Waals surface area contributed by atoms with Crippen LogP contribution in [0.3, 0.4) is 0 Å². The summed E-state index contributed by atoms with van der Waals surface area (Å²) in [5, 5.41) is 13.3. The quantitative estimate of drug-likeness (QED) is 0.829. The fourth-order valence-corrected chi connectivity index (χ4v) is 2.96. The summed E-state index contributed by atoms with van der Waals surface area (Å²) < 4.78 is 5.24. The molecule has 106 valence electrons. The minimum absolute atomic E-state index is 0.0226. The van der Waals surface area contributed by atoms with Gasteiger partial charge in [0, 0.05) is 13.2 Å². The molecule has 1 aromatic rings. The third kappa shape index (κ3) is 4.03. The van der Waals surface area contributed by atoms with Crippen molar-refractivity contribution in [2.75, 3.05) is 13.7 Å². The van der Waals surface area contributed by atoms with Gasteiger partial charge in [-0.25, -0.2) is 0 Å². The van der Waals surface area contributed by atoms with E-state index in [-0.39, 0.29) is 12.6 Å². The second-order valence-corrected chi connectivity index (χ2v) is 5.37. The maximum atomic E-state index is 9.70. The number of rotatable bonds is 6. The standard InChI is InChI=1S/C16H25NO2/c1-19-12-13-7-5-6-10-15(13)16(11-18)17-14-8-3-2-4-9-14/h5-7,10,14,16-18H,2-4,8-9,11-12H2,1H3. The van der Waals surface area contributed by atoms with Crippen molar-refractivity contribution < 1.29 is 9.84 Å². The molecule has 0 aliphatic heterocycles. The zero-order valence-corrected chi connectivity index (χ0v) is 11.8. The van der Waals surface area contributed by atoms with Crippen LogP contribution in [0.5, 0.6) is 0 Å². The molecule has 0 amide bonds. The highest BCUT2D eigenvalue weighted by molar-refractivity contribution is 5.29. The van der Waals surface area contributed by atoms with Gasteiger partial charge in [-0.15, -0.1) is 0 Å². The Hall–Kier alpha value is -0.900. The number of hydrogen-bond acceptors (Lipinski definition) is 3. The van der Waals surface area contributed by atoms with Crippen LogP contribution in [-0.4, -0.2) is 24.9 Å². The summed E-state index contributed by atoms with van der Waals surface area (Å²) in [7, 11) is 1.71. The molecule has 0 radical (unpaired) electrons. The third-order valence-corrected chi connectivity index (χ3v) is 3.95. The average Bonchev–Trinajstić information content (AvgIpc) is 2.47. The van der Waals surface area contributed by atoms with Crippen molar-refractivity contribution >= 4 is 0 Å². The fraction of sp³-hybridized carbons (Fsp3) is 0.625. The van der Waals surface area contributed by atoms with Crippen LogP contribution in [0.1, 0.15) is 49.3 Å². The molecule has 1 fully saturated rings. The maximum Gasteiger partial charge on any atom is 0.0716 e. The molecule has 0 spiro atoms. The van der Waals surface area contributed by atoms with Gasteiger partial charge in [0.15, 0.2) is 0 Å². The van der Waals surface area contributed by atoms with Gasteiger partial charge in [0.1, 0.15) is 0 Å². The van der Waals surface area contributed by atoms with Gasteiger partial charge in [-0.2, -0.15) is 0 Å². The largest absolute Gasteiger partial charge is 0.394 e. The van der Waals surface area contributed by atoms with E-state index in [0.29, 0.717) is 12.6 Å². The molecule has 3 heteroatoms. The molecule has 1 aliphatic carbocycles. The summed E-state index contributed by atoms with van der Waals surface area (Å²) in [6.45, 7) is 0.732. The fourth-order valence-electron chi connectivity index (χ4n) is 2.96. The number of hydrogen-bond donors (Lipinski definition) is 2. The van der Waals surface area contributed by atoms with Crippen molar-refractivity contribution in [2.45, 2.75) is 50.8 Å². The molecular weight excluding hydrogens is 238 g/mol. The Morgan fingerprint density at radius 1 is 1.26 bits per heavy atom. The van der Waals surface area contributed by atoms with Gasteiger partial charge in [0.2, 0.25) is 0 Å². The molecule has 19 heavy (non-hydrogen) atoms. The molecule has 0 bridgehead atoms. The van der Waals surface area contributed by atoms with E-state index >= 15 is 0 Å². The minimum Gasteiger partial charge on any atom is -0.394 e. The predicted octanol–water partition coefficient (Wildman–Crippen LogP) is 2.79. The zero-order valence-electron chi connectivity index (χ0n) is 11.8. The predicted molar refractivity (Wildman–Crippen MR) is 77.0 cm³/mol. The Morgan fingerprint density at radius 3 is 2.68 bits per heavy atom. The van der Waals surface area contributed by atoms with Crippen LogP contribution in [0, 0.1) is 0 Å². The van der Waals surface area contributed by atoms with E-state index in [2.05, 4.69) is 17.4 Å². The zero-order chi connectivity index (χ0) is 13.5. The van der Waals surface area contributed by atoms with Crippen molar-refractivity contribution in [3.8, 4) is 0 Å². The molecule has 2 N–H and O–H groups in total. The van der Waals surface area contributed by atoms with Crippen LogP contribution in [0.2, 0.25) is 0 Å². The number of ether oxygens (including phenoxy) is 1. The molecule has 0 saturated heterocycles. The summed E-state index contributed by atoms with van der Waals surface area (Å²) in [5.41, 5.74) is 2.32. The lowest BCUT2D eigenvalue weighted by Crippen LogP contribution is -2.36. The smallest absolute Gasteiger partial charge is 0.0716 e. The van der Waals surface area contributed by atoms with Gasteiger partial charge in [-0.05, 0) is 24.0 Å². The van der Waals surface area contributed by atoms with Crippen LogP contribution in [0.4, 0.5) is 0 Å². The van der Waals surface area contributed by atoms with E-state index < -0.39 is 0 Å². The summed E-state index contributed by atoms with van der Waals surface area (Å²) in [6, 6.07) is 8.78. The lowest BCUT2D eigenvalue weighted by molar-refractivity contribution is 0.179. The highest BCUT2D eigenvalue weighted by atomic mass is 16.5. The summed E-state index contributed by atoms with van der Waals surface area (Å²) in [5.74, 6) is 0. The molecule has 1 atom stereocenters. The van der Waals surface area contributed by atoms with Gasteiger partial charge >= 0.3 is 0 Å². The van der Waals surface area contributed by atoms with Crippen molar-refractivity contribution in [3.05, 3.63) is 35.4 Å². The number of aliphatic hydroxyl groups excluding tert-OH is 1. The molecule has 2 rings (SSSR count). The molecule has 0 heterocycles. The first-order chi connectivity index (χ1) is 9.35. The minimum atomic E-state index is 0.0226. The van der Waals surface area contributed by atoms with Crippen molar-refractivity contribution in [3.63, 3.8) is 0 Å². The highest BCUT2D eigenvalue weighted by Crippen LogP contribution is 2.23. The van der Waals surface area contributed by atoms with Crippen LogP contribution >= 0.6 is 0 Å². The first-order valence-electron chi connectivity index (χ1n) is 7.28. The van der Waals surface area contributed by atoms with Crippen LogP contribution in [-0.2, 0) is 11.3 Å². The number of aliphatic hydroxyl groups is 1. The molecule has 1 aliphatic rings. The lowest BCUT2D eigenvalue weighted by atomic mass is 9.93. The third-order valence-electron chi connectivity index (χ3n) is 3.95. The number of methoxy groups -OCH3 is 1. The van der Waals surface area contributed by atoms with Gasteiger partial charge in [-0.1, -0.05) is 43.5 Å². The second kappa shape index (κ2) is 7.63. The topological polar surface area (TPSA) is 41.5 Å². The number of nitrogens with one attached hydrogen (secondary N) is 1. The van der Waals surface area contributed by atoms with E-state index in [0.717, 1.165) is 11.1 Å². The maximum absolute atomic E-state index is 9.70. The van der Waals surface area contributed by atoms with Crippen molar-refractivity contribution in [2.24, 2.45) is 0 Å².